The Hall–Kier alpha value is -1.29. The van der Waals surface area contributed by atoms with E-state index in [1.165, 1.54) is 0 Å². The van der Waals surface area contributed by atoms with E-state index < -0.39 is 5.60 Å². The number of carbonyl (C=O) groups excluding carboxylic acids is 1. The van der Waals surface area contributed by atoms with Gasteiger partial charge in [-0.25, -0.2) is 0 Å². The summed E-state index contributed by atoms with van der Waals surface area (Å²) < 4.78 is 1.98. The Kier molecular flexibility index (Phi) is 3.48. The summed E-state index contributed by atoms with van der Waals surface area (Å²) in [7, 11) is 0. The number of piperidine rings is 1. The van der Waals surface area contributed by atoms with Crippen LogP contribution in [0.3, 0.4) is 0 Å². The highest BCUT2D eigenvalue weighted by Gasteiger charge is 2.32. The molecule has 1 atom stereocenters. The largest absolute Gasteiger partial charge is 0.388 e. The second-order valence-corrected chi connectivity index (χ2v) is 5.72. The predicted octanol–water partition coefficient (Wildman–Crippen LogP) is 2.06. The summed E-state index contributed by atoms with van der Waals surface area (Å²) in [5.74, 6) is 0.0219. The predicted molar refractivity (Wildman–Crippen MR) is 70.6 cm³/mol. The van der Waals surface area contributed by atoms with Crippen molar-refractivity contribution in [1.29, 1.82) is 0 Å². The average molecular weight is 250 g/mol. The maximum absolute atomic E-state index is 12.5. The number of nitrogens with zero attached hydrogens (tertiary/aromatic N) is 2. The van der Waals surface area contributed by atoms with E-state index in [0.717, 1.165) is 19.4 Å². The summed E-state index contributed by atoms with van der Waals surface area (Å²) in [4.78, 5) is 14.2. The standard InChI is InChI=1S/C14H22N2O2/c1-11(2)16-9-4-6-12(16)13(17)15-8-5-7-14(3,18)10-15/h4,6,9,11,18H,5,7-8,10H2,1-3H3. The van der Waals surface area contributed by atoms with Crippen molar-refractivity contribution in [3.05, 3.63) is 24.0 Å². The molecule has 1 aliphatic rings. The molecule has 4 nitrogen and oxygen atoms in total. The smallest absolute Gasteiger partial charge is 0.270 e. The van der Waals surface area contributed by atoms with Crippen LogP contribution in [0.4, 0.5) is 0 Å². The summed E-state index contributed by atoms with van der Waals surface area (Å²) in [6, 6.07) is 4.02. The monoisotopic (exact) mass is 250 g/mol. The van der Waals surface area contributed by atoms with Crippen molar-refractivity contribution in [3.8, 4) is 0 Å². The Labute approximate surface area is 108 Å². The Balaban J connectivity index is 2.18. The molecule has 1 amide bonds. The molecule has 1 unspecified atom stereocenters. The third kappa shape index (κ3) is 2.58. The molecule has 0 bridgehead atoms. The van der Waals surface area contributed by atoms with Crippen molar-refractivity contribution in [1.82, 2.24) is 9.47 Å². The average Bonchev–Trinajstić information content (AvgIpc) is 2.75. The van der Waals surface area contributed by atoms with Crippen molar-refractivity contribution >= 4 is 5.91 Å². The fraction of sp³-hybridized carbons (Fsp3) is 0.643. The van der Waals surface area contributed by atoms with Gasteiger partial charge in [-0.3, -0.25) is 4.79 Å². The SMILES string of the molecule is CC(C)n1cccc1C(=O)N1CCCC(C)(O)C1. The molecule has 18 heavy (non-hydrogen) atoms. The fourth-order valence-corrected chi connectivity index (χ4v) is 2.58. The van der Waals surface area contributed by atoms with Gasteiger partial charge in [0.2, 0.25) is 0 Å². The molecule has 0 spiro atoms. The van der Waals surface area contributed by atoms with Crippen molar-refractivity contribution < 1.29 is 9.90 Å². The van der Waals surface area contributed by atoms with Crippen LogP contribution in [0.2, 0.25) is 0 Å². The molecular formula is C14H22N2O2. The number of amides is 1. The second kappa shape index (κ2) is 4.76. The number of carbonyl (C=O) groups is 1. The summed E-state index contributed by atoms with van der Waals surface area (Å²) in [5.41, 5.74) is -0.0360. The lowest BCUT2D eigenvalue weighted by Gasteiger charge is -2.37. The highest BCUT2D eigenvalue weighted by molar-refractivity contribution is 5.93. The lowest BCUT2D eigenvalue weighted by molar-refractivity contribution is -0.0111. The molecule has 1 fully saturated rings. The van der Waals surface area contributed by atoms with Crippen molar-refractivity contribution in [2.75, 3.05) is 13.1 Å². The van der Waals surface area contributed by atoms with Crippen LogP contribution in [0.15, 0.2) is 18.3 Å². The van der Waals surface area contributed by atoms with Gasteiger partial charge in [-0.2, -0.15) is 0 Å². The van der Waals surface area contributed by atoms with Crippen molar-refractivity contribution in [3.63, 3.8) is 0 Å². The second-order valence-electron chi connectivity index (χ2n) is 5.72. The molecule has 2 rings (SSSR count). The van der Waals surface area contributed by atoms with Crippen LogP contribution >= 0.6 is 0 Å². The van der Waals surface area contributed by atoms with E-state index >= 15 is 0 Å². The molecule has 4 heteroatoms. The first-order valence-corrected chi connectivity index (χ1v) is 6.59. The van der Waals surface area contributed by atoms with Gasteiger partial charge in [-0.15, -0.1) is 0 Å². The number of hydrogen-bond acceptors (Lipinski definition) is 2. The molecule has 0 radical (unpaired) electrons. The first-order valence-electron chi connectivity index (χ1n) is 6.59. The van der Waals surface area contributed by atoms with Crippen LogP contribution in [0.1, 0.15) is 50.1 Å². The number of rotatable bonds is 2. The van der Waals surface area contributed by atoms with Crippen LogP contribution in [0.5, 0.6) is 0 Å². The van der Waals surface area contributed by atoms with Crippen molar-refractivity contribution in [2.24, 2.45) is 0 Å². The van der Waals surface area contributed by atoms with Gasteiger partial charge in [0, 0.05) is 25.3 Å². The van der Waals surface area contributed by atoms with Gasteiger partial charge in [0.15, 0.2) is 0 Å². The quantitative estimate of drug-likeness (QED) is 0.873. The zero-order valence-corrected chi connectivity index (χ0v) is 11.4. The summed E-state index contributed by atoms with van der Waals surface area (Å²) >= 11 is 0. The summed E-state index contributed by atoms with van der Waals surface area (Å²) in [6.07, 6.45) is 3.56. The minimum absolute atomic E-state index is 0.0219. The van der Waals surface area contributed by atoms with Crippen LogP contribution in [0, 0.1) is 0 Å². The van der Waals surface area contributed by atoms with E-state index in [1.807, 2.05) is 22.9 Å². The molecule has 1 aliphatic heterocycles. The zero-order chi connectivity index (χ0) is 13.3. The van der Waals surface area contributed by atoms with E-state index in [0.29, 0.717) is 12.2 Å². The van der Waals surface area contributed by atoms with E-state index in [9.17, 15) is 9.90 Å². The van der Waals surface area contributed by atoms with Gasteiger partial charge < -0.3 is 14.6 Å². The minimum atomic E-state index is -0.747. The molecule has 0 saturated carbocycles. The number of aromatic nitrogens is 1. The number of aliphatic hydroxyl groups is 1. The van der Waals surface area contributed by atoms with Crippen LogP contribution in [-0.4, -0.2) is 39.2 Å². The highest BCUT2D eigenvalue weighted by atomic mass is 16.3. The lowest BCUT2D eigenvalue weighted by Crippen LogP contribution is -2.49. The molecular weight excluding hydrogens is 228 g/mol. The molecule has 100 valence electrons. The maximum Gasteiger partial charge on any atom is 0.270 e. The Morgan fingerprint density at radius 1 is 1.50 bits per heavy atom. The van der Waals surface area contributed by atoms with Crippen molar-refractivity contribution in [2.45, 2.75) is 45.3 Å². The molecule has 1 aromatic rings. The molecule has 0 aromatic carbocycles. The van der Waals surface area contributed by atoms with Gasteiger partial charge in [0.25, 0.3) is 5.91 Å². The summed E-state index contributed by atoms with van der Waals surface area (Å²) in [5, 5.41) is 10.1. The Morgan fingerprint density at radius 2 is 2.22 bits per heavy atom. The summed E-state index contributed by atoms with van der Waals surface area (Å²) in [6.45, 7) is 7.08. The third-order valence-electron chi connectivity index (χ3n) is 3.52. The molecule has 0 aliphatic carbocycles. The Morgan fingerprint density at radius 3 is 2.83 bits per heavy atom. The minimum Gasteiger partial charge on any atom is -0.388 e. The third-order valence-corrected chi connectivity index (χ3v) is 3.52. The zero-order valence-electron chi connectivity index (χ0n) is 11.4. The van der Waals surface area contributed by atoms with E-state index in [-0.39, 0.29) is 11.9 Å². The van der Waals surface area contributed by atoms with E-state index in [4.69, 9.17) is 0 Å². The van der Waals surface area contributed by atoms with Gasteiger partial charge in [-0.05, 0) is 45.7 Å². The van der Waals surface area contributed by atoms with Crippen LogP contribution in [0.25, 0.3) is 0 Å². The first-order chi connectivity index (χ1) is 8.41. The number of likely N-dealkylation sites (tertiary alicyclic amines) is 1. The van der Waals surface area contributed by atoms with Gasteiger partial charge >= 0.3 is 0 Å². The van der Waals surface area contributed by atoms with Gasteiger partial charge in [-0.1, -0.05) is 0 Å². The fourth-order valence-electron chi connectivity index (χ4n) is 2.58. The maximum atomic E-state index is 12.5. The highest BCUT2D eigenvalue weighted by Crippen LogP contribution is 2.22. The van der Waals surface area contributed by atoms with Crippen LogP contribution in [-0.2, 0) is 0 Å². The van der Waals surface area contributed by atoms with Crippen LogP contribution < -0.4 is 0 Å². The van der Waals surface area contributed by atoms with E-state index in [1.54, 1.807) is 11.8 Å². The van der Waals surface area contributed by atoms with E-state index in [2.05, 4.69) is 13.8 Å². The van der Waals surface area contributed by atoms with Gasteiger partial charge in [0.05, 0.1) is 5.60 Å². The lowest BCUT2D eigenvalue weighted by atomic mass is 9.95. The Bertz CT molecular complexity index is 435. The molecule has 2 heterocycles. The molecule has 1 saturated heterocycles. The van der Waals surface area contributed by atoms with Gasteiger partial charge in [0.1, 0.15) is 5.69 Å². The normalized spacial score (nSPS) is 24.6. The number of hydrogen-bond donors (Lipinski definition) is 1. The molecule has 1 aromatic heterocycles. The molecule has 1 N–H and O–H groups in total. The number of β-amino-alcohol motifs (C(OH)–C–C–N with tert-alkyl or cyclic N) is 1. The topological polar surface area (TPSA) is 45.5 Å². The first kappa shape index (κ1) is 13.1.